The van der Waals surface area contributed by atoms with Gasteiger partial charge in [-0.1, -0.05) is 59.6 Å². The van der Waals surface area contributed by atoms with Gasteiger partial charge in [0.05, 0.1) is 53.0 Å². The van der Waals surface area contributed by atoms with Crippen LogP contribution in [0, 0.1) is 0 Å². The van der Waals surface area contributed by atoms with E-state index in [1.807, 2.05) is 0 Å². The van der Waals surface area contributed by atoms with Crippen LogP contribution in [0.2, 0.25) is 10.0 Å². The third-order valence-corrected chi connectivity index (χ3v) is 17.9. The largest absolute Gasteiger partial charge is 0.412 e. The molecule has 16 rings (SSSR count). The summed E-state index contributed by atoms with van der Waals surface area (Å²) in [5, 5.41) is 21.0. The van der Waals surface area contributed by atoms with Crippen LogP contribution in [0.5, 0.6) is 0 Å². The number of ketones is 1. The van der Waals surface area contributed by atoms with Crippen LogP contribution >= 0.6 is 23.2 Å². The van der Waals surface area contributed by atoms with Crippen molar-refractivity contribution in [1.82, 2.24) is 79.2 Å². The number of benzene rings is 3. The van der Waals surface area contributed by atoms with Gasteiger partial charge in [0.1, 0.15) is 103 Å². The van der Waals surface area contributed by atoms with Crippen LogP contribution in [-0.4, -0.2) is 172 Å². The summed E-state index contributed by atoms with van der Waals surface area (Å²) >= 11 is 11.3. The van der Waals surface area contributed by atoms with Gasteiger partial charge in [-0.3, -0.25) is 112 Å². The molecule has 0 saturated heterocycles. The molecule has 115 heavy (non-hydrogen) atoms. The molecule has 3 aromatic carbocycles. The lowest BCUT2D eigenvalue weighted by molar-refractivity contribution is -0.117. The van der Waals surface area contributed by atoms with E-state index in [2.05, 4.69) is 73.2 Å². The highest BCUT2D eigenvalue weighted by Gasteiger charge is 2.49. The summed E-state index contributed by atoms with van der Waals surface area (Å²) in [6, 6.07) is 36.1. The van der Waals surface area contributed by atoms with Gasteiger partial charge in [0, 0.05) is 32.2 Å². The summed E-state index contributed by atoms with van der Waals surface area (Å²) in [5.74, 6) is 4.67. The Morgan fingerprint density at radius 2 is 0.800 bits per heavy atom. The first-order valence-electron chi connectivity index (χ1n) is 33.4. The number of anilines is 5. The number of aliphatic hydroxyl groups excluding tert-OH is 1. The van der Waals surface area contributed by atoms with Crippen LogP contribution in [0.15, 0.2) is 196 Å². The molecule has 19 N–H and O–H groups in total. The number of aromatic nitrogens is 10. The number of hydrogen-bond donors (Lipinski definition) is 12. The van der Waals surface area contributed by atoms with Gasteiger partial charge in [0.25, 0.3) is 81.3 Å². The molecule has 0 spiro atoms. The molecule has 42 heteroatoms. The zero-order valence-corrected chi connectivity index (χ0v) is 62.7. The Hall–Kier alpha value is -14.6. The number of aliphatic hydroxyl groups is 1. The lowest BCUT2D eigenvalue weighted by Gasteiger charge is -2.31. The van der Waals surface area contributed by atoms with Crippen molar-refractivity contribution >= 4 is 117 Å². The molecule has 3 unspecified atom stereocenters. The summed E-state index contributed by atoms with van der Waals surface area (Å²) in [5.41, 5.74) is 13.5. The first kappa shape index (κ1) is 86.0. The highest BCUT2D eigenvalue weighted by molar-refractivity contribution is 6.31. The molecule has 40 nitrogen and oxygen atoms in total. The van der Waals surface area contributed by atoms with Crippen molar-refractivity contribution in [2.24, 2.45) is 23.2 Å². The first-order valence-corrected chi connectivity index (χ1v) is 34.2. The Balaban J connectivity index is 0.000000179. The number of nitrogen functional groups attached to an aromatic ring is 1. The van der Waals surface area contributed by atoms with Gasteiger partial charge < -0.3 is 59.4 Å². The van der Waals surface area contributed by atoms with E-state index in [1.165, 1.54) is 82.2 Å². The molecule has 13 heterocycles. The van der Waals surface area contributed by atoms with E-state index in [1.54, 1.807) is 136 Å². The molecule has 6 aliphatic rings. The maximum atomic E-state index is 13.3. The van der Waals surface area contributed by atoms with Crippen LogP contribution in [0.3, 0.4) is 0 Å². The molecule has 0 fully saturated rings. The number of fused-ring (bicyclic) bond motifs is 6. The van der Waals surface area contributed by atoms with Crippen molar-refractivity contribution in [2.45, 2.75) is 44.7 Å². The number of hydrazine groups is 1. The molecule has 10 amide bonds. The SMILES string of the molecule is CC(=O)CN1C(=O)c2ccccc2C1=O.CC1(CN)NC(=O)c2ccc(Nc3ccncn3)c(=O)n21.CC1(CN2C(=O)c3ccccc3C2=O)NC(=O)c2ccc(Cl)c(=O)n21.CC1(CN2C(=O)c3ccccc3C2=O)NC(=O)c2ccc(Nc3ccncn3)c(=O)n21.CO.NC(=O)c1ccc(Cl)c(=O)[nH]1.NN.Nc1ccncn1.O. The van der Waals surface area contributed by atoms with Crippen molar-refractivity contribution < 1.29 is 63.3 Å². The molecular formula is C73H71Cl2N23O17. The number of aromatic amines is 1. The lowest BCUT2D eigenvalue weighted by Crippen LogP contribution is -2.54. The Morgan fingerprint density at radius 3 is 1.12 bits per heavy atom. The fourth-order valence-corrected chi connectivity index (χ4v) is 12.4. The number of Topliss-reactive ketones (excluding diaryl/α,β-unsaturated/α-hetero) is 1. The van der Waals surface area contributed by atoms with Gasteiger partial charge in [-0.25, -0.2) is 29.9 Å². The molecule has 0 aliphatic carbocycles. The summed E-state index contributed by atoms with van der Waals surface area (Å²) < 4.78 is 3.84. The van der Waals surface area contributed by atoms with Crippen LogP contribution in [0.1, 0.15) is 132 Å². The van der Waals surface area contributed by atoms with Crippen molar-refractivity contribution in [3.8, 4) is 0 Å². The summed E-state index contributed by atoms with van der Waals surface area (Å²) in [6.45, 7) is 5.81. The number of primary amides is 1. The van der Waals surface area contributed by atoms with Crippen molar-refractivity contribution in [2.75, 3.05) is 49.7 Å². The number of nitrogens with one attached hydrogen (secondary N) is 6. The number of amides is 10. The number of nitrogens with zero attached hydrogens (tertiary/aromatic N) is 12. The second kappa shape index (κ2) is 36.5. The van der Waals surface area contributed by atoms with Gasteiger partial charge in [-0.05, 0) is 131 Å². The summed E-state index contributed by atoms with van der Waals surface area (Å²) in [7, 11) is 1.00. The number of carbonyl (C=O) groups excluding carboxylic acids is 11. The number of nitrogens with two attached hydrogens (primary N) is 5. The van der Waals surface area contributed by atoms with Crippen LogP contribution < -0.4 is 77.7 Å². The molecule has 10 aromatic rings. The number of rotatable bonds is 12. The minimum Gasteiger partial charge on any atom is -0.412 e. The average molecular weight is 1610 g/mol. The van der Waals surface area contributed by atoms with E-state index < -0.39 is 75.0 Å². The Bertz CT molecular complexity index is 5640. The van der Waals surface area contributed by atoms with Gasteiger partial charge in [0.2, 0.25) is 0 Å². The Morgan fingerprint density at radius 1 is 0.461 bits per heavy atom. The molecule has 7 aromatic heterocycles. The Kier molecular flexibility index (Phi) is 27.3. The molecule has 6 aliphatic heterocycles. The fraction of sp³-hybridized carbons (Fsp3) is 0.164. The number of pyridine rings is 4. The van der Waals surface area contributed by atoms with E-state index in [0.29, 0.717) is 62.2 Å². The highest BCUT2D eigenvalue weighted by atomic mass is 35.5. The predicted molar refractivity (Wildman–Crippen MR) is 413 cm³/mol. The van der Waals surface area contributed by atoms with E-state index in [0.717, 1.165) is 21.8 Å². The normalized spacial score (nSPS) is 16.9. The van der Waals surface area contributed by atoms with Crippen LogP contribution in [0.25, 0.3) is 0 Å². The van der Waals surface area contributed by atoms with E-state index in [9.17, 15) is 71.9 Å². The Labute approximate surface area is 658 Å². The quantitative estimate of drug-likeness (QED) is 0.0455. The molecule has 0 saturated carbocycles. The van der Waals surface area contributed by atoms with Gasteiger partial charge in [-0.15, -0.1) is 0 Å². The maximum Gasteiger partial charge on any atom is 0.276 e. The number of carbonyl (C=O) groups is 11. The summed E-state index contributed by atoms with van der Waals surface area (Å²) in [6.07, 6.45) is 8.82. The number of imide groups is 3. The number of H-pyrrole nitrogens is 1. The molecule has 0 radical (unpaired) electrons. The van der Waals surface area contributed by atoms with Crippen LogP contribution in [0.4, 0.5) is 28.8 Å². The third kappa shape index (κ3) is 18.1. The standard InChI is InChI=1S/C21H16N6O4.C17H12ClN3O4.C13H14N6O2.C11H9NO3.C6H5ClN2O2.C4H5N3.CH4O.H4N2.H2O/c1-21(10-26-18(29)12-4-2-3-5-13(12)19(26)30)25-17(28)15-7-6-14(20(31)27(15)21)24-16-8-9-22-11-23-16;1-17(19-13(22)12-7-6-11(18)16(25)21(12)17)8-20-14(23)9-4-2-3-5-10(9)15(20)24;1-13(6-14)18-11(20)9-3-2-8(12(21)19(9)13)17-10-4-5-15-7-16-10;1-7(13)6-12-10(14)8-4-2-3-5-9(8)11(12)15;7-3-1-2-4(5(8)10)9-6(3)11;5-4-1-2-6-3-7-4;2*1-2;/h2-9,11H,10H2,1H3,(H,25,28)(H,22,23,24);2-7H,8H2,1H3,(H,19,22);2-5,7H,6,14H2,1H3,(H,18,20)(H,15,16,17);2-5H,6H2,1H3;1-2H,(H2,8,10)(H,9,11);1-3H,(H2,5,6,7);2H,1H3;1-2H2;1H2. The smallest absolute Gasteiger partial charge is 0.276 e. The average Bonchev–Trinajstić information content (AvgIpc) is 1.59. The second-order valence-corrected chi connectivity index (χ2v) is 25.9. The van der Waals surface area contributed by atoms with Gasteiger partial charge >= 0.3 is 0 Å². The minimum absolute atomic E-state index is 0. The van der Waals surface area contributed by atoms with E-state index in [4.69, 9.17) is 45.5 Å². The topological polar surface area (TPSA) is 616 Å². The zero-order chi connectivity index (χ0) is 83.3. The molecule has 594 valence electrons. The van der Waals surface area contributed by atoms with Gasteiger partial charge in [-0.2, -0.15) is 0 Å². The minimum atomic E-state index is -1.32. The maximum absolute atomic E-state index is 13.3. The molecule has 0 bridgehead atoms. The van der Waals surface area contributed by atoms with E-state index in [-0.39, 0.29) is 93.5 Å². The first-order chi connectivity index (χ1) is 54.4. The van der Waals surface area contributed by atoms with Crippen molar-refractivity contribution in [3.05, 3.63) is 285 Å². The highest BCUT2D eigenvalue weighted by Crippen LogP contribution is 2.32. The van der Waals surface area contributed by atoms with Crippen molar-refractivity contribution in [1.29, 1.82) is 0 Å². The number of halogens is 2. The second-order valence-electron chi connectivity index (χ2n) is 25.1. The lowest BCUT2D eigenvalue weighted by atomic mass is 10.1. The van der Waals surface area contributed by atoms with Crippen LogP contribution in [-0.2, 0) is 21.8 Å². The van der Waals surface area contributed by atoms with E-state index >= 15 is 0 Å². The van der Waals surface area contributed by atoms with Gasteiger partial charge in [0.15, 0.2) is 0 Å². The monoisotopic (exact) mass is 1610 g/mol. The fourth-order valence-electron chi connectivity index (χ4n) is 12.1. The third-order valence-electron chi connectivity index (χ3n) is 17.3. The molecular weight excluding hydrogens is 1540 g/mol. The predicted octanol–water partition coefficient (Wildman–Crippen LogP) is 0.725. The summed E-state index contributed by atoms with van der Waals surface area (Å²) in [4.78, 5) is 209. The number of hydrogen-bond acceptors (Lipinski definition) is 28. The van der Waals surface area contributed by atoms with Crippen molar-refractivity contribution in [3.63, 3.8) is 0 Å². The zero-order valence-electron chi connectivity index (χ0n) is 61.2. The molecule has 3 atom stereocenters.